The van der Waals surface area contributed by atoms with Gasteiger partial charge in [0.05, 0.1) is 17.9 Å². The molecule has 0 aliphatic carbocycles. The van der Waals surface area contributed by atoms with Gasteiger partial charge < -0.3 is 14.8 Å². The summed E-state index contributed by atoms with van der Waals surface area (Å²) in [6.07, 6.45) is 2.90. The molecule has 0 aliphatic rings. The van der Waals surface area contributed by atoms with E-state index in [1.165, 1.54) is 12.1 Å². The monoisotopic (exact) mass is 423 g/mol. The quantitative estimate of drug-likeness (QED) is 0.562. The number of benzene rings is 2. The average Bonchev–Trinajstić information content (AvgIpc) is 3.13. The zero-order valence-corrected chi connectivity index (χ0v) is 17.9. The lowest BCUT2D eigenvalue weighted by molar-refractivity contribution is -0.123. The lowest BCUT2D eigenvalue weighted by Crippen LogP contribution is -2.31. The molecule has 3 rings (SSSR count). The number of halogens is 1. The zero-order valence-electron chi connectivity index (χ0n) is 17.9. The Balaban J connectivity index is 1.54. The number of amides is 1. The number of nitrogens with one attached hydrogen (secondary N) is 1. The van der Waals surface area contributed by atoms with Crippen LogP contribution in [0.25, 0.3) is 5.69 Å². The van der Waals surface area contributed by atoms with Crippen LogP contribution in [0.4, 0.5) is 4.39 Å². The van der Waals surface area contributed by atoms with Crippen molar-refractivity contribution in [3.63, 3.8) is 0 Å². The maximum atomic E-state index is 13.2. The van der Waals surface area contributed by atoms with Crippen molar-refractivity contribution in [1.29, 1.82) is 0 Å². The van der Waals surface area contributed by atoms with Crippen LogP contribution in [0.5, 0.6) is 5.75 Å². The number of aryl methyl sites for hydroxylation is 1. The van der Waals surface area contributed by atoms with E-state index in [1.54, 1.807) is 42.1 Å². The molecule has 1 atom stereocenters. The number of hydrogen-bond acceptors (Lipinski definition) is 4. The summed E-state index contributed by atoms with van der Waals surface area (Å²) >= 11 is 0. The Morgan fingerprint density at radius 2 is 1.81 bits per heavy atom. The molecule has 0 saturated heterocycles. The Hall–Kier alpha value is -3.48. The topological polar surface area (TPSA) is 73.2 Å². The van der Waals surface area contributed by atoms with E-state index in [-0.39, 0.29) is 30.2 Å². The van der Waals surface area contributed by atoms with Crippen molar-refractivity contribution in [2.45, 2.75) is 39.7 Å². The molecule has 0 spiro atoms. The minimum absolute atomic E-state index is 0.109. The molecule has 1 N–H and O–H groups in total. The van der Waals surface area contributed by atoms with Gasteiger partial charge in [0.25, 0.3) is 5.91 Å². The maximum Gasteiger partial charge on any atom is 0.258 e. The molecular weight excluding hydrogens is 397 g/mol. The summed E-state index contributed by atoms with van der Waals surface area (Å²) in [5.41, 5.74) is 3.53. The largest absolute Gasteiger partial charge is 0.484 e. The summed E-state index contributed by atoms with van der Waals surface area (Å²) in [4.78, 5) is 23.4. The van der Waals surface area contributed by atoms with Gasteiger partial charge in [-0.3, -0.25) is 4.79 Å². The van der Waals surface area contributed by atoms with E-state index in [9.17, 15) is 14.0 Å². The Bertz CT molecular complexity index is 1040. The number of rotatable bonds is 9. The molecule has 31 heavy (non-hydrogen) atoms. The average molecular weight is 423 g/mol. The van der Waals surface area contributed by atoms with E-state index >= 15 is 0 Å². The van der Waals surface area contributed by atoms with Crippen LogP contribution < -0.4 is 10.1 Å². The number of aromatic nitrogens is 2. The molecule has 0 bridgehead atoms. The predicted molar refractivity (Wildman–Crippen MR) is 116 cm³/mol. The van der Waals surface area contributed by atoms with Gasteiger partial charge in [0.2, 0.25) is 0 Å². The smallest absolute Gasteiger partial charge is 0.258 e. The molecule has 1 unspecified atom stereocenters. The zero-order chi connectivity index (χ0) is 22.4. The molecule has 3 aromatic rings. The van der Waals surface area contributed by atoms with Crippen LogP contribution in [0, 0.1) is 12.7 Å². The summed E-state index contributed by atoms with van der Waals surface area (Å²) in [7, 11) is 0. The summed E-state index contributed by atoms with van der Waals surface area (Å²) in [5.74, 6) is 0.196. The molecule has 6 nitrogen and oxygen atoms in total. The Kier molecular flexibility index (Phi) is 7.18. The third-order valence-corrected chi connectivity index (χ3v) is 5.02. The van der Waals surface area contributed by atoms with Crippen molar-refractivity contribution >= 4 is 11.7 Å². The van der Waals surface area contributed by atoms with E-state index in [1.807, 2.05) is 26.0 Å². The minimum atomic E-state index is -0.305. The van der Waals surface area contributed by atoms with Gasteiger partial charge in [-0.25, -0.2) is 9.07 Å². The number of ketones is 1. The van der Waals surface area contributed by atoms with Crippen LogP contribution in [-0.4, -0.2) is 28.1 Å². The van der Waals surface area contributed by atoms with Crippen LogP contribution >= 0.6 is 0 Å². The van der Waals surface area contributed by atoms with Gasteiger partial charge in [-0.15, -0.1) is 0 Å². The van der Waals surface area contributed by atoms with Crippen LogP contribution in [0.3, 0.4) is 0 Å². The van der Waals surface area contributed by atoms with E-state index < -0.39 is 0 Å². The van der Waals surface area contributed by atoms with Crippen LogP contribution in [0.15, 0.2) is 54.7 Å². The SMILES string of the molecule is CC(=O)CCc1ccc(OCC(=O)NC(C)c2cnn(-c3ccc(F)cc3)c2C)cc1. The van der Waals surface area contributed by atoms with Crippen molar-refractivity contribution in [2.24, 2.45) is 0 Å². The van der Waals surface area contributed by atoms with Gasteiger partial charge in [0, 0.05) is 17.7 Å². The highest BCUT2D eigenvalue weighted by molar-refractivity contribution is 5.78. The number of carbonyl (C=O) groups is 2. The molecule has 0 aliphatic heterocycles. The highest BCUT2D eigenvalue weighted by Crippen LogP contribution is 2.20. The van der Waals surface area contributed by atoms with Gasteiger partial charge in [-0.1, -0.05) is 12.1 Å². The number of Topliss-reactive ketones (excluding diaryl/α,β-unsaturated/α-hetero) is 1. The van der Waals surface area contributed by atoms with E-state index in [0.717, 1.165) is 22.5 Å². The standard InChI is InChI=1S/C24H26FN3O3/c1-16(29)4-5-19-6-12-22(13-7-19)31-15-24(30)27-17(2)23-14-26-28(18(23)3)21-10-8-20(25)9-11-21/h6-14,17H,4-5,15H2,1-3H3,(H,27,30). The fourth-order valence-corrected chi connectivity index (χ4v) is 3.27. The van der Waals surface area contributed by atoms with E-state index in [2.05, 4.69) is 10.4 Å². The molecule has 1 aromatic heterocycles. The summed E-state index contributed by atoms with van der Waals surface area (Å²) in [5, 5.41) is 7.27. The highest BCUT2D eigenvalue weighted by atomic mass is 19.1. The summed E-state index contributed by atoms with van der Waals surface area (Å²) < 4.78 is 20.4. The second-order valence-electron chi connectivity index (χ2n) is 7.50. The third kappa shape index (κ3) is 6.01. The first-order valence-corrected chi connectivity index (χ1v) is 10.1. The van der Waals surface area contributed by atoms with Crippen molar-refractivity contribution in [3.8, 4) is 11.4 Å². The normalized spacial score (nSPS) is 11.7. The summed E-state index contributed by atoms with van der Waals surface area (Å²) in [6.45, 7) is 5.24. The van der Waals surface area contributed by atoms with Crippen molar-refractivity contribution in [2.75, 3.05) is 6.61 Å². The van der Waals surface area contributed by atoms with Gasteiger partial charge in [0.15, 0.2) is 6.61 Å². The molecule has 162 valence electrons. The first-order chi connectivity index (χ1) is 14.8. The van der Waals surface area contributed by atoms with E-state index in [0.29, 0.717) is 18.6 Å². The second-order valence-corrected chi connectivity index (χ2v) is 7.50. The molecule has 7 heteroatoms. The highest BCUT2D eigenvalue weighted by Gasteiger charge is 2.16. The number of nitrogens with zero attached hydrogens (tertiary/aromatic N) is 2. The first kappa shape index (κ1) is 22.2. The molecule has 0 fully saturated rings. The fourth-order valence-electron chi connectivity index (χ4n) is 3.27. The first-order valence-electron chi connectivity index (χ1n) is 10.1. The number of hydrogen-bond donors (Lipinski definition) is 1. The Morgan fingerprint density at radius 3 is 2.45 bits per heavy atom. The molecule has 0 saturated carbocycles. The maximum absolute atomic E-state index is 13.2. The van der Waals surface area contributed by atoms with Gasteiger partial charge in [0.1, 0.15) is 17.3 Å². The van der Waals surface area contributed by atoms with Crippen molar-refractivity contribution in [1.82, 2.24) is 15.1 Å². The third-order valence-electron chi connectivity index (χ3n) is 5.02. The molecule has 2 aromatic carbocycles. The van der Waals surface area contributed by atoms with Crippen molar-refractivity contribution in [3.05, 3.63) is 77.4 Å². The van der Waals surface area contributed by atoms with E-state index in [4.69, 9.17) is 4.74 Å². The Labute approximate surface area is 181 Å². The van der Waals surface area contributed by atoms with Gasteiger partial charge in [-0.05, 0) is 69.2 Å². The van der Waals surface area contributed by atoms with Crippen LogP contribution in [0.2, 0.25) is 0 Å². The molecule has 0 radical (unpaired) electrons. The lowest BCUT2D eigenvalue weighted by Gasteiger charge is -2.15. The Morgan fingerprint density at radius 1 is 1.13 bits per heavy atom. The molecule has 1 heterocycles. The predicted octanol–water partition coefficient (Wildman–Crippen LogP) is 4.10. The second kappa shape index (κ2) is 10.0. The fraction of sp³-hybridized carbons (Fsp3) is 0.292. The number of ether oxygens (including phenoxy) is 1. The number of carbonyl (C=O) groups excluding carboxylic acids is 2. The molecular formula is C24H26FN3O3. The van der Waals surface area contributed by atoms with Crippen molar-refractivity contribution < 1.29 is 18.7 Å². The summed E-state index contributed by atoms with van der Waals surface area (Å²) in [6, 6.07) is 13.2. The minimum Gasteiger partial charge on any atom is -0.484 e. The lowest BCUT2D eigenvalue weighted by atomic mass is 10.1. The van der Waals surface area contributed by atoms with Crippen LogP contribution in [-0.2, 0) is 16.0 Å². The molecule has 1 amide bonds. The van der Waals surface area contributed by atoms with Gasteiger partial charge in [-0.2, -0.15) is 5.10 Å². The van der Waals surface area contributed by atoms with Gasteiger partial charge >= 0.3 is 0 Å². The van der Waals surface area contributed by atoms with Crippen LogP contribution in [0.1, 0.15) is 43.1 Å².